The van der Waals surface area contributed by atoms with Gasteiger partial charge in [-0.05, 0) is 74.6 Å². The summed E-state index contributed by atoms with van der Waals surface area (Å²) in [5.41, 5.74) is 3.67. The zero-order valence-corrected chi connectivity index (χ0v) is 22.3. The third kappa shape index (κ3) is 6.27. The number of aryl methyl sites for hydroxylation is 1. The fraction of sp³-hybridized carbons (Fsp3) is 0.370. The fourth-order valence-corrected chi connectivity index (χ4v) is 5.29. The molecule has 0 aliphatic carbocycles. The van der Waals surface area contributed by atoms with E-state index < -0.39 is 0 Å². The third-order valence-corrected chi connectivity index (χ3v) is 7.46. The molecule has 7 nitrogen and oxygen atoms in total. The topological polar surface area (TPSA) is 77.1 Å². The lowest BCUT2D eigenvalue weighted by Crippen LogP contribution is -2.35. The van der Waals surface area contributed by atoms with Gasteiger partial charge in [-0.25, -0.2) is 0 Å². The van der Waals surface area contributed by atoms with Crippen LogP contribution < -0.4 is 14.8 Å². The Labute approximate surface area is 221 Å². The number of hydrogen-bond acceptors (Lipinski definition) is 7. The average molecular weight is 527 g/mol. The normalized spacial score (nSPS) is 18.7. The highest BCUT2D eigenvalue weighted by atomic mass is 32.2. The van der Waals surface area contributed by atoms with Gasteiger partial charge in [-0.2, -0.15) is 0 Å². The first-order chi connectivity index (χ1) is 17.4. The molecular weight excluding hydrogens is 496 g/mol. The van der Waals surface area contributed by atoms with Crippen molar-refractivity contribution in [1.82, 2.24) is 4.90 Å². The van der Waals surface area contributed by atoms with Gasteiger partial charge in [0.15, 0.2) is 18.1 Å². The van der Waals surface area contributed by atoms with Crippen LogP contribution in [0.4, 0.5) is 5.69 Å². The Morgan fingerprint density at radius 3 is 2.83 bits per heavy atom. The average Bonchev–Trinajstić information content (AvgIpc) is 3.46. The highest BCUT2D eigenvalue weighted by Crippen LogP contribution is 2.35. The lowest BCUT2D eigenvalue weighted by atomic mass is 10.1. The van der Waals surface area contributed by atoms with Crippen molar-refractivity contribution in [1.29, 1.82) is 0 Å². The molecular formula is C27H30N2O5S2. The molecule has 2 aromatic rings. The van der Waals surface area contributed by atoms with Crippen molar-refractivity contribution in [2.24, 2.45) is 0 Å². The van der Waals surface area contributed by atoms with Crippen LogP contribution in [0.15, 0.2) is 41.3 Å². The first-order valence-corrected chi connectivity index (χ1v) is 13.2. The maximum Gasteiger partial charge on any atom is 0.266 e. The third-order valence-electron chi connectivity index (χ3n) is 6.09. The van der Waals surface area contributed by atoms with Crippen molar-refractivity contribution in [2.45, 2.75) is 39.7 Å². The smallest absolute Gasteiger partial charge is 0.266 e. The molecule has 0 saturated carbocycles. The maximum atomic E-state index is 13.0. The summed E-state index contributed by atoms with van der Waals surface area (Å²) in [6, 6.07) is 11.1. The van der Waals surface area contributed by atoms with Gasteiger partial charge in [0.25, 0.3) is 11.8 Å². The lowest BCUT2D eigenvalue weighted by Gasteiger charge is -2.18. The summed E-state index contributed by atoms with van der Waals surface area (Å²) >= 11 is 6.73. The Kier molecular flexibility index (Phi) is 8.66. The van der Waals surface area contributed by atoms with Crippen LogP contribution in [-0.2, 0) is 14.3 Å². The zero-order chi connectivity index (χ0) is 25.7. The number of nitrogens with one attached hydrogen (secondary N) is 1. The van der Waals surface area contributed by atoms with Crippen LogP contribution in [0.25, 0.3) is 6.08 Å². The predicted octanol–water partition coefficient (Wildman–Crippen LogP) is 5.10. The van der Waals surface area contributed by atoms with Crippen molar-refractivity contribution in [3.8, 4) is 11.5 Å². The van der Waals surface area contributed by atoms with Gasteiger partial charge in [0.2, 0.25) is 0 Å². The summed E-state index contributed by atoms with van der Waals surface area (Å²) < 4.78 is 17.7. The van der Waals surface area contributed by atoms with Gasteiger partial charge < -0.3 is 19.5 Å². The summed E-state index contributed by atoms with van der Waals surface area (Å²) in [6.45, 7) is 7.33. The number of benzene rings is 2. The maximum absolute atomic E-state index is 13.0. The van der Waals surface area contributed by atoms with Crippen LogP contribution >= 0.6 is 24.0 Å². The van der Waals surface area contributed by atoms with Crippen LogP contribution in [0.1, 0.15) is 36.5 Å². The van der Waals surface area contributed by atoms with E-state index in [9.17, 15) is 9.59 Å². The zero-order valence-electron chi connectivity index (χ0n) is 20.7. The molecule has 0 radical (unpaired) electrons. The van der Waals surface area contributed by atoms with Gasteiger partial charge in [-0.15, -0.1) is 0 Å². The predicted molar refractivity (Wildman–Crippen MR) is 147 cm³/mol. The molecule has 2 heterocycles. The fourth-order valence-electron chi connectivity index (χ4n) is 4.02. The van der Waals surface area contributed by atoms with Gasteiger partial charge in [-0.1, -0.05) is 42.2 Å². The molecule has 2 amide bonds. The second kappa shape index (κ2) is 11.9. The Morgan fingerprint density at radius 1 is 1.25 bits per heavy atom. The van der Waals surface area contributed by atoms with Gasteiger partial charge in [0.1, 0.15) is 4.32 Å². The number of carbonyl (C=O) groups is 2. The number of amides is 2. The highest BCUT2D eigenvalue weighted by molar-refractivity contribution is 8.26. The number of rotatable bonds is 9. The molecule has 0 unspecified atom stereocenters. The van der Waals surface area contributed by atoms with Gasteiger partial charge in [0.05, 0.1) is 24.2 Å². The lowest BCUT2D eigenvalue weighted by molar-refractivity contribution is -0.123. The molecule has 9 heteroatoms. The minimum Gasteiger partial charge on any atom is -0.490 e. The minimum atomic E-state index is -0.259. The van der Waals surface area contributed by atoms with Crippen LogP contribution in [0.5, 0.6) is 11.5 Å². The van der Waals surface area contributed by atoms with Crippen LogP contribution in [0, 0.1) is 13.8 Å². The molecule has 4 rings (SSSR count). The van der Waals surface area contributed by atoms with E-state index in [2.05, 4.69) is 5.32 Å². The van der Waals surface area contributed by atoms with E-state index in [4.69, 9.17) is 26.4 Å². The van der Waals surface area contributed by atoms with Crippen molar-refractivity contribution < 1.29 is 23.8 Å². The Morgan fingerprint density at radius 2 is 2.08 bits per heavy atom. The molecule has 2 aromatic carbocycles. The highest BCUT2D eigenvalue weighted by Gasteiger charge is 2.34. The number of ether oxygens (including phenoxy) is 3. The van der Waals surface area contributed by atoms with Crippen LogP contribution in [0.2, 0.25) is 0 Å². The van der Waals surface area contributed by atoms with E-state index in [0.717, 1.165) is 41.8 Å². The van der Waals surface area contributed by atoms with Gasteiger partial charge >= 0.3 is 0 Å². The molecule has 2 aliphatic rings. The molecule has 0 aromatic heterocycles. The van der Waals surface area contributed by atoms with Crippen LogP contribution in [0.3, 0.4) is 0 Å². The first kappa shape index (κ1) is 26.2. The van der Waals surface area contributed by atoms with E-state index in [0.29, 0.717) is 33.9 Å². The Bertz CT molecular complexity index is 1190. The van der Waals surface area contributed by atoms with E-state index in [1.807, 2.05) is 45.0 Å². The summed E-state index contributed by atoms with van der Waals surface area (Å²) in [4.78, 5) is 27.6. The first-order valence-electron chi connectivity index (χ1n) is 12.0. The SMILES string of the molecule is CCOc1cc(/C=C2\SC(=S)N(C[C@@H]3CCCO3)C2=O)ccc1OCC(=O)Nc1cccc(C)c1C. The number of nitrogens with zero attached hydrogens (tertiary/aromatic N) is 1. The largest absolute Gasteiger partial charge is 0.490 e. The summed E-state index contributed by atoms with van der Waals surface area (Å²) in [5, 5.41) is 2.89. The standard InChI is InChI=1S/C27H30N2O5S2/c1-4-32-23-13-19(14-24-26(31)29(27(35)36-24)15-20-8-6-12-33-20)10-11-22(23)34-16-25(30)28-21-9-5-7-17(2)18(21)3/h5,7,9-11,13-14,20H,4,6,8,12,15-16H2,1-3H3,(H,28,30)/b24-14-/t20-/m0/s1. The Hall–Kier alpha value is -2.88. The molecule has 2 aliphatic heterocycles. The quantitative estimate of drug-likeness (QED) is 0.360. The summed E-state index contributed by atoms with van der Waals surface area (Å²) in [6.07, 6.45) is 3.79. The molecule has 36 heavy (non-hydrogen) atoms. The molecule has 190 valence electrons. The number of anilines is 1. The number of thiocarbonyl (C=S) groups is 1. The van der Waals surface area contributed by atoms with E-state index in [-0.39, 0.29) is 24.5 Å². The second-order valence-electron chi connectivity index (χ2n) is 8.65. The van der Waals surface area contributed by atoms with Crippen molar-refractivity contribution in [2.75, 3.05) is 31.7 Å². The van der Waals surface area contributed by atoms with Gasteiger partial charge in [0, 0.05) is 12.3 Å². The second-order valence-corrected chi connectivity index (χ2v) is 10.3. The number of carbonyl (C=O) groups excluding carboxylic acids is 2. The van der Waals surface area contributed by atoms with Crippen LogP contribution in [-0.4, -0.2) is 53.5 Å². The van der Waals surface area contributed by atoms with Crippen molar-refractivity contribution >= 4 is 51.9 Å². The Balaban J connectivity index is 1.42. The summed E-state index contributed by atoms with van der Waals surface area (Å²) in [7, 11) is 0. The summed E-state index contributed by atoms with van der Waals surface area (Å²) in [5.74, 6) is 0.587. The molecule has 0 spiro atoms. The van der Waals surface area contributed by atoms with Crippen molar-refractivity contribution in [3.63, 3.8) is 0 Å². The molecule has 2 saturated heterocycles. The molecule has 1 atom stereocenters. The number of thioether (sulfide) groups is 1. The monoisotopic (exact) mass is 526 g/mol. The van der Waals surface area contributed by atoms with E-state index in [1.165, 1.54) is 11.8 Å². The molecule has 1 N–H and O–H groups in total. The van der Waals surface area contributed by atoms with E-state index >= 15 is 0 Å². The van der Waals surface area contributed by atoms with Crippen molar-refractivity contribution in [3.05, 3.63) is 58.0 Å². The van der Waals surface area contributed by atoms with Gasteiger partial charge in [-0.3, -0.25) is 14.5 Å². The molecule has 0 bridgehead atoms. The minimum absolute atomic E-state index is 0.0415. The molecule has 2 fully saturated rings. The number of hydrogen-bond donors (Lipinski definition) is 1. The van der Waals surface area contributed by atoms with E-state index in [1.54, 1.807) is 23.1 Å².